The Kier molecular flexibility index (Phi) is 11.6. The lowest BCUT2D eigenvalue weighted by Gasteiger charge is -2.17. The lowest BCUT2D eigenvalue weighted by molar-refractivity contribution is 0.0288. The van der Waals surface area contributed by atoms with Crippen LogP contribution in [0.4, 0.5) is 0 Å². The third-order valence-corrected chi connectivity index (χ3v) is 6.62. The van der Waals surface area contributed by atoms with Crippen molar-refractivity contribution in [2.45, 2.75) is 84.7 Å². The fraction of sp³-hybridized carbons (Fsp3) is 0.424. The highest BCUT2D eigenvalue weighted by Crippen LogP contribution is 2.27. The van der Waals surface area contributed by atoms with Crippen LogP contribution in [0.5, 0.6) is 5.75 Å². The summed E-state index contributed by atoms with van der Waals surface area (Å²) in [6, 6.07) is 24.4. The molecule has 192 valence electrons. The van der Waals surface area contributed by atoms with Crippen molar-refractivity contribution in [1.82, 2.24) is 0 Å². The summed E-state index contributed by atoms with van der Waals surface area (Å²) in [6.45, 7) is 7.20. The van der Waals surface area contributed by atoms with Crippen molar-refractivity contribution in [3.05, 3.63) is 89.5 Å². The summed E-state index contributed by atoms with van der Waals surface area (Å²) in [5, 5.41) is 0. The molecular weight excluding hydrogens is 444 g/mol. The Morgan fingerprint density at radius 3 is 1.92 bits per heavy atom. The first-order valence-corrected chi connectivity index (χ1v) is 13.8. The monoisotopic (exact) mass is 486 g/mol. The van der Waals surface area contributed by atoms with Crippen LogP contribution in [0.2, 0.25) is 0 Å². The Morgan fingerprint density at radius 2 is 1.31 bits per heavy atom. The molecule has 3 heteroatoms. The lowest BCUT2D eigenvalue weighted by atomic mass is 10.0. The van der Waals surface area contributed by atoms with Gasteiger partial charge in [0, 0.05) is 0 Å². The van der Waals surface area contributed by atoms with E-state index in [-0.39, 0.29) is 12.1 Å². The molecule has 1 atom stereocenters. The summed E-state index contributed by atoms with van der Waals surface area (Å²) < 4.78 is 11.7. The standard InChI is InChI=1S/C33H42O3/c1-4-7-9-10-11-12-26-13-15-30(16-14-26)33(34)36-32(6-3)29-19-17-27(18-20-29)28-21-23-31(24-22-28)35-25-8-5-2/h13-24,32H,4-12,25H2,1-3H3. The van der Waals surface area contributed by atoms with Crippen LogP contribution in [0.3, 0.4) is 0 Å². The zero-order valence-electron chi connectivity index (χ0n) is 22.3. The zero-order valence-corrected chi connectivity index (χ0v) is 22.3. The molecule has 0 aliphatic rings. The SMILES string of the molecule is CCCCCCCc1ccc(C(=O)OC(CC)c2ccc(-c3ccc(OCCCC)cc3)cc2)cc1. The van der Waals surface area contributed by atoms with Gasteiger partial charge >= 0.3 is 5.97 Å². The van der Waals surface area contributed by atoms with E-state index < -0.39 is 0 Å². The molecule has 3 aromatic rings. The molecule has 0 saturated heterocycles. The van der Waals surface area contributed by atoms with E-state index in [9.17, 15) is 4.79 Å². The molecule has 3 rings (SSSR count). The second-order valence-corrected chi connectivity index (χ2v) is 9.51. The first-order valence-electron chi connectivity index (χ1n) is 13.8. The zero-order chi connectivity index (χ0) is 25.6. The second kappa shape index (κ2) is 15.1. The highest BCUT2D eigenvalue weighted by atomic mass is 16.5. The number of benzene rings is 3. The van der Waals surface area contributed by atoms with Crippen molar-refractivity contribution in [3.8, 4) is 16.9 Å². The fourth-order valence-corrected chi connectivity index (χ4v) is 4.29. The second-order valence-electron chi connectivity index (χ2n) is 9.51. The molecule has 0 heterocycles. The van der Waals surface area contributed by atoms with E-state index in [1.807, 2.05) is 31.2 Å². The molecule has 0 saturated carbocycles. The topological polar surface area (TPSA) is 35.5 Å². The molecule has 3 aromatic carbocycles. The van der Waals surface area contributed by atoms with E-state index in [2.05, 4.69) is 62.4 Å². The van der Waals surface area contributed by atoms with Crippen molar-refractivity contribution in [3.63, 3.8) is 0 Å². The molecule has 0 N–H and O–H groups in total. The van der Waals surface area contributed by atoms with E-state index in [1.165, 1.54) is 37.7 Å². The maximum Gasteiger partial charge on any atom is 0.338 e. The minimum atomic E-state index is -0.265. The van der Waals surface area contributed by atoms with E-state index in [0.717, 1.165) is 54.7 Å². The van der Waals surface area contributed by atoms with Crippen LogP contribution in [-0.2, 0) is 11.2 Å². The third kappa shape index (κ3) is 8.55. The summed E-state index contributed by atoms with van der Waals surface area (Å²) in [7, 11) is 0. The summed E-state index contributed by atoms with van der Waals surface area (Å²) in [5.41, 5.74) is 5.18. The van der Waals surface area contributed by atoms with Gasteiger partial charge in [0.25, 0.3) is 0 Å². The van der Waals surface area contributed by atoms with Crippen LogP contribution < -0.4 is 4.74 Å². The molecule has 0 aliphatic carbocycles. The van der Waals surface area contributed by atoms with E-state index in [0.29, 0.717) is 5.56 Å². The quantitative estimate of drug-likeness (QED) is 0.158. The van der Waals surface area contributed by atoms with E-state index in [4.69, 9.17) is 9.47 Å². The first kappa shape index (κ1) is 27.5. The number of aryl methyl sites for hydroxylation is 1. The number of hydrogen-bond acceptors (Lipinski definition) is 3. The van der Waals surface area contributed by atoms with Crippen LogP contribution in [0.15, 0.2) is 72.8 Å². The van der Waals surface area contributed by atoms with Crippen LogP contribution in [0.1, 0.15) is 99.7 Å². The number of rotatable bonds is 15. The van der Waals surface area contributed by atoms with Crippen molar-refractivity contribution >= 4 is 5.97 Å². The number of esters is 1. The molecule has 36 heavy (non-hydrogen) atoms. The van der Waals surface area contributed by atoms with Gasteiger partial charge in [0.1, 0.15) is 11.9 Å². The first-order chi connectivity index (χ1) is 17.6. The van der Waals surface area contributed by atoms with Gasteiger partial charge in [0.2, 0.25) is 0 Å². The van der Waals surface area contributed by atoms with Gasteiger partial charge in [-0.05, 0) is 72.2 Å². The Bertz CT molecular complexity index is 1020. The molecule has 0 fully saturated rings. The Morgan fingerprint density at radius 1 is 0.694 bits per heavy atom. The van der Waals surface area contributed by atoms with Crippen molar-refractivity contribution in [1.29, 1.82) is 0 Å². The third-order valence-electron chi connectivity index (χ3n) is 6.62. The van der Waals surface area contributed by atoms with Crippen molar-refractivity contribution in [2.24, 2.45) is 0 Å². The highest BCUT2D eigenvalue weighted by Gasteiger charge is 2.16. The predicted molar refractivity (Wildman–Crippen MR) is 150 cm³/mol. The van der Waals surface area contributed by atoms with Gasteiger partial charge in [-0.15, -0.1) is 0 Å². The summed E-state index contributed by atoms with van der Waals surface area (Å²) in [4.78, 5) is 12.8. The predicted octanol–water partition coefficient (Wildman–Crippen LogP) is 9.35. The van der Waals surface area contributed by atoms with Crippen LogP contribution >= 0.6 is 0 Å². The van der Waals surface area contributed by atoms with Gasteiger partial charge in [0.05, 0.1) is 12.2 Å². The minimum Gasteiger partial charge on any atom is -0.494 e. The Hall–Kier alpha value is -3.07. The molecule has 0 radical (unpaired) electrons. The van der Waals surface area contributed by atoms with Crippen molar-refractivity contribution in [2.75, 3.05) is 6.61 Å². The maximum atomic E-state index is 12.8. The normalized spacial score (nSPS) is 11.8. The average molecular weight is 487 g/mol. The van der Waals surface area contributed by atoms with Gasteiger partial charge in [0.15, 0.2) is 0 Å². The fourth-order valence-electron chi connectivity index (χ4n) is 4.29. The number of hydrogen-bond donors (Lipinski definition) is 0. The number of ether oxygens (including phenoxy) is 2. The summed E-state index contributed by atoms with van der Waals surface area (Å²) in [5.74, 6) is 0.640. The molecule has 0 spiro atoms. The largest absolute Gasteiger partial charge is 0.494 e. The van der Waals surface area contributed by atoms with Gasteiger partial charge in [-0.25, -0.2) is 4.79 Å². The van der Waals surface area contributed by atoms with Gasteiger partial charge in [-0.2, -0.15) is 0 Å². The molecule has 0 amide bonds. The molecule has 0 bridgehead atoms. The Balaban J connectivity index is 1.55. The molecule has 3 nitrogen and oxygen atoms in total. The van der Waals surface area contributed by atoms with Crippen LogP contribution in [0, 0.1) is 0 Å². The van der Waals surface area contributed by atoms with E-state index >= 15 is 0 Å². The van der Waals surface area contributed by atoms with E-state index in [1.54, 1.807) is 0 Å². The summed E-state index contributed by atoms with van der Waals surface area (Å²) in [6.07, 6.45) is 10.1. The van der Waals surface area contributed by atoms with Gasteiger partial charge < -0.3 is 9.47 Å². The average Bonchev–Trinajstić information content (AvgIpc) is 2.92. The van der Waals surface area contributed by atoms with Crippen LogP contribution in [0.25, 0.3) is 11.1 Å². The van der Waals surface area contributed by atoms with Crippen LogP contribution in [-0.4, -0.2) is 12.6 Å². The number of unbranched alkanes of at least 4 members (excludes halogenated alkanes) is 5. The minimum absolute atomic E-state index is 0.265. The number of carbonyl (C=O) groups is 1. The van der Waals surface area contributed by atoms with Gasteiger partial charge in [-0.3, -0.25) is 0 Å². The molecular formula is C33H42O3. The number of carbonyl (C=O) groups excluding carboxylic acids is 1. The molecule has 1 unspecified atom stereocenters. The maximum absolute atomic E-state index is 12.8. The van der Waals surface area contributed by atoms with Gasteiger partial charge in [-0.1, -0.05) is 101 Å². The molecule has 0 aliphatic heterocycles. The summed E-state index contributed by atoms with van der Waals surface area (Å²) >= 11 is 0. The lowest BCUT2D eigenvalue weighted by Crippen LogP contribution is -2.11. The smallest absolute Gasteiger partial charge is 0.338 e. The van der Waals surface area contributed by atoms with Crippen molar-refractivity contribution < 1.29 is 14.3 Å². The highest BCUT2D eigenvalue weighted by molar-refractivity contribution is 5.89. The Labute approximate surface area is 217 Å². The molecule has 0 aromatic heterocycles.